The van der Waals surface area contributed by atoms with E-state index in [0.29, 0.717) is 24.8 Å². The number of rotatable bonds is 3. The van der Waals surface area contributed by atoms with Gasteiger partial charge in [0.2, 0.25) is 0 Å². The monoisotopic (exact) mass is 363 g/mol. The Morgan fingerprint density at radius 2 is 2.29 bits per heavy atom. The molecule has 0 aliphatic carbocycles. The summed E-state index contributed by atoms with van der Waals surface area (Å²) < 4.78 is 1.57. The van der Waals surface area contributed by atoms with Gasteiger partial charge in [-0.1, -0.05) is 0 Å². The van der Waals surface area contributed by atoms with E-state index in [1.165, 1.54) is 11.3 Å². The zero-order valence-corrected chi connectivity index (χ0v) is 14.6. The first-order valence-electron chi connectivity index (χ1n) is 7.82. The molecular formula is C15H17N5O2S2. The zero-order valence-electron chi connectivity index (χ0n) is 13.0. The van der Waals surface area contributed by atoms with Crippen LogP contribution in [0.4, 0.5) is 9.93 Å². The van der Waals surface area contributed by atoms with Gasteiger partial charge >= 0.3 is 6.03 Å². The van der Waals surface area contributed by atoms with Crippen LogP contribution in [0.1, 0.15) is 11.3 Å². The van der Waals surface area contributed by atoms with E-state index in [9.17, 15) is 9.59 Å². The number of carbonyl (C=O) groups is 1. The molecule has 2 aromatic rings. The second-order valence-corrected chi connectivity index (χ2v) is 7.98. The van der Waals surface area contributed by atoms with E-state index in [1.807, 2.05) is 17.1 Å². The third-order valence-electron chi connectivity index (χ3n) is 4.23. The number of anilines is 1. The van der Waals surface area contributed by atoms with Crippen molar-refractivity contribution in [1.29, 1.82) is 0 Å². The number of aromatic nitrogens is 3. The van der Waals surface area contributed by atoms with Gasteiger partial charge in [-0.05, 0) is 11.3 Å². The number of urea groups is 1. The van der Waals surface area contributed by atoms with Crippen LogP contribution in [0, 0.1) is 5.92 Å². The lowest BCUT2D eigenvalue weighted by molar-refractivity contribution is 0.116. The van der Waals surface area contributed by atoms with E-state index in [1.54, 1.807) is 21.8 Å². The lowest BCUT2D eigenvalue weighted by Gasteiger charge is -2.38. The number of likely N-dealkylation sites (tertiary alicyclic amines) is 1. The molecule has 24 heavy (non-hydrogen) atoms. The van der Waals surface area contributed by atoms with Crippen LogP contribution in [0.25, 0.3) is 0 Å². The predicted molar refractivity (Wildman–Crippen MR) is 94.6 cm³/mol. The molecule has 4 heterocycles. The van der Waals surface area contributed by atoms with Crippen LogP contribution in [-0.2, 0) is 18.7 Å². The molecule has 0 unspecified atom stereocenters. The number of hydrogen-bond acceptors (Lipinski definition) is 6. The molecule has 2 aliphatic rings. The van der Waals surface area contributed by atoms with E-state index in [2.05, 4.69) is 15.4 Å². The Kier molecular flexibility index (Phi) is 4.28. The van der Waals surface area contributed by atoms with Crippen molar-refractivity contribution in [3.63, 3.8) is 0 Å². The lowest BCUT2D eigenvalue weighted by atomic mass is 10.0. The zero-order chi connectivity index (χ0) is 16.5. The van der Waals surface area contributed by atoms with Gasteiger partial charge < -0.3 is 4.90 Å². The molecule has 0 aromatic carbocycles. The highest BCUT2D eigenvalue weighted by Crippen LogP contribution is 2.22. The van der Waals surface area contributed by atoms with Crippen molar-refractivity contribution < 1.29 is 4.79 Å². The van der Waals surface area contributed by atoms with E-state index < -0.39 is 0 Å². The number of carbonyl (C=O) groups excluding carboxylic acids is 1. The van der Waals surface area contributed by atoms with Crippen molar-refractivity contribution >= 4 is 34.3 Å². The van der Waals surface area contributed by atoms with Gasteiger partial charge in [-0.3, -0.25) is 10.1 Å². The topological polar surface area (TPSA) is 80.1 Å². The average Bonchev–Trinajstić information content (AvgIpc) is 3.03. The first-order valence-corrected chi connectivity index (χ1v) is 9.85. The minimum atomic E-state index is -0.135. The normalized spacial score (nSPS) is 17.2. The highest BCUT2D eigenvalue weighted by Gasteiger charge is 2.31. The van der Waals surface area contributed by atoms with Gasteiger partial charge in [-0.25, -0.2) is 14.5 Å². The van der Waals surface area contributed by atoms with Crippen LogP contribution in [0.3, 0.4) is 0 Å². The number of amides is 2. The molecule has 2 amide bonds. The Morgan fingerprint density at radius 1 is 1.42 bits per heavy atom. The highest BCUT2D eigenvalue weighted by molar-refractivity contribution is 7.98. The summed E-state index contributed by atoms with van der Waals surface area (Å²) in [6.45, 7) is 1.84. The summed E-state index contributed by atoms with van der Waals surface area (Å²) in [6, 6.07) is 1.59. The van der Waals surface area contributed by atoms with Crippen LogP contribution < -0.4 is 10.9 Å². The lowest BCUT2D eigenvalue weighted by Crippen LogP contribution is -2.53. The maximum atomic E-state index is 12.2. The Balaban J connectivity index is 1.35. The molecule has 0 spiro atoms. The maximum Gasteiger partial charge on any atom is 0.323 e. The molecule has 1 saturated heterocycles. The molecule has 126 valence electrons. The third kappa shape index (κ3) is 3.18. The van der Waals surface area contributed by atoms with Crippen molar-refractivity contribution in [2.24, 2.45) is 5.92 Å². The van der Waals surface area contributed by atoms with Crippen LogP contribution in [0.2, 0.25) is 0 Å². The molecule has 1 fully saturated rings. The van der Waals surface area contributed by atoms with Gasteiger partial charge in [0.1, 0.15) is 0 Å². The van der Waals surface area contributed by atoms with Crippen LogP contribution in [0.15, 0.2) is 22.4 Å². The summed E-state index contributed by atoms with van der Waals surface area (Å²) >= 11 is 3.24. The minimum absolute atomic E-state index is 0.0399. The molecule has 0 bridgehead atoms. The standard InChI is InChI=1S/C15H17N5O2S2/c21-13-5-11-9-23-3-1-12(11)18-20(13)8-10-6-19(7-10)15(22)17-14-16-2-4-24-14/h2,4-5,10H,1,3,6-9H2,(H,16,17,22). The highest BCUT2D eigenvalue weighted by atomic mass is 32.2. The first kappa shape index (κ1) is 15.6. The van der Waals surface area contributed by atoms with E-state index >= 15 is 0 Å². The van der Waals surface area contributed by atoms with Gasteiger partial charge in [0, 0.05) is 48.8 Å². The SMILES string of the molecule is O=C(Nc1nccs1)N1CC(Cn2nc3c(cc2=O)CSCC3)C1. The molecule has 9 heteroatoms. The quantitative estimate of drug-likeness (QED) is 0.897. The number of aryl methyl sites for hydroxylation is 1. The van der Waals surface area contributed by atoms with Crippen molar-refractivity contribution in [2.75, 3.05) is 24.2 Å². The van der Waals surface area contributed by atoms with Gasteiger partial charge in [0.15, 0.2) is 5.13 Å². The van der Waals surface area contributed by atoms with Gasteiger partial charge in [-0.2, -0.15) is 16.9 Å². The predicted octanol–water partition coefficient (Wildman–Crippen LogP) is 1.65. The molecule has 0 atom stereocenters. The smallest absolute Gasteiger partial charge is 0.323 e. The van der Waals surface area contributed by atoms with Crippen molar-refractivity contribution in [3.8, 4) is 0 Å². The van der Waals surface area contributed by atoms with Crippen molar-refractivity contribution in [2.45, 2.75) is 18.7 Å². The number of fused-ring (bicyclic) bond motifs is 1. The molecule has 0 saturated carbocycles. The number of hydrogen-bond donors (Lipinski definition) is 1. The number of thioether (sulfide) groups is 1. The summed E-state index contributed by atoms with van der Waals surface area (Å²) in [7, 11) is 0. The summed E-state index contributed by atoms with van der Waals surface area (Å²) in [5, 5.41) is 9.72. The second kappa shape index (κ2) is 6.56. The Morgan fingerprint density at radius 3 is 3.08 bits per heavy atom. The average molecular weight is 363 g/mol. The van der Waals surface area contributed by atoms with Gasteiger partial charge in [0.25, 0.3) is 5.56 Å². The summed E-state index contributed by atoms with van der Waals surface area (Å²) in [5.74, 6) is 2.21. The van der Waals surface area contributed by atoms with Gasteiger partial charge in [0.05, 0.1) is 12.2 Å². The Hall–Kier alpha value is -1.87. The summed E-state index contributed by atoms with van der Waals surface area (Å²) in [6.07, 6.45) is 2.58. The summed E-state index contributed by atoms with van der Waals surface area (Å²) in [5.41, 5.74) is 2.08. The van der Waals surface area contributed by atoms with E-state index in [4.69, 9.17) is 0 Å². The molecule has 0 radical (unpaired) electrons. The van der Waals surface area contributed by atoms with E-state index in [-0.39, 0.29) is 17.5 Å². The molecule has 2 aromatic heterocycles. The minimum Gasteiger partial charge on any atom is -0.324 e. The molecule has 7 nitrogen and oxygen atoms in total. The van der Waals surface area contributed by atoms with E-state index in [0.717, 1.165) is 29.2 Å². The van der Waals surface area contributed by atoms with Crippen molar-refractivity contribution in [1.82, 2.24) is 19.7 Å². The third-order valence-corrected chi connectivity index (χ3v) is 5.92. The number of thiazole rings is 1. The van der Waals surface area contributed by atoms with Crippen LogP contribution >= 0.6 is 23.1 Å². The molecule has 2 aliphatic heterocycles. The second-order valence-electron chi connectivity index (χ2n) is 5.98. The number of nitrogens with zero attached hydrogens (tertiary/aromatic N) is 4. The fourth-order valence-corrected chi connectivity index (χ4v) is 4.41. The van der Waals surface area contributed by atoms with Crippen LogP contribution in [-0.4, -0.2) is 44.5 Å². The van der Waals surface area contributed by atoms with Gasteiger partial charge in [-0.15, -0.1) is 11.3 Å². The Bertz CT molecular complexity index is 799. The first-order chi connectivity index (χ1) is 11.7. The summed E-state index contributed by atoms with van der Waals surface area (Å²) in [4.78, 5) is 30.0. The van der Waals surface area contributed by atoms with Crippen LogP contribution in [0.5, 0.6) is 0 Å². The number of nitrogens with one attached hydrogen (secondary N) is 1. The molecule has 1 N–H and O–H groups in total. The molecular weight excluding hydrogens is 346 g/mol. The largest absolute Gasteiger partial charge is 0.324 e. The molecule has 4 rings (SSSR count). The maximum absolute atomic E-state index is 12.2. The fourth-order valence-electron chi connectivity index (χ4n) is 2.93. The van der Waals surface area contributed by atoms with Crippen molar-refractivity contribution in [3.05, 3.63) is 39.3 Å². The Labute approximate surface area is 147 Å². The fraction of sp³-hybridized carbons (Fsp3) is 0.467.